The first-order chi connectivity index (χ1) is 12.2. The Morgan fingerprint density at radius 2 is 1.84 bits per heavy atom. The SMILES string of the molecule is O=C(Cn1cnc2ccc(Cc3ccc(F)cc3)nc21)N1CCCC1. The summed E-state index contributed by atoms with van der Waals surface area (Å²) in [5.41, 5.74) is 3.35. The van der Waals surface area contributed by atoms with E-state index in [1.165, 1.54) is 12.1 Å². The predicted octanol–water partition coefficient (Wildman–Crippen LogP) is 2.78. The maximum atomic E-state index is 13.0. The summed E-state index contributed by atoms with van der Waals surface area (Å²) in [6.07, 6.45) is 4.45. The molecule has 0 saturated carbocycles. The van der Waals surface area contributed by atoms with Crippen molar-refractivity contribution in [1.82, 2.24) is 19.4 Å². The third-order valence-corrected chi connectivity index (χ3v) is 4.58. The Morgan fingerprint density at radius 1 is 1.08 bits per heavy atom. The zero-order valence-corrected chi connectivity index (χ0v) is 13.9. The molecule has 25 heavy (non-hydrogen) atoms. The molecule has 0 unspecified atom stereocenters. The number of likely N-dealkylation sites (tertiary alicyclic amines) is 1. The van der Waals surface area contributed by atoms with Crippen LogP contribution in [0.5, 0.6) is 0 Å². The van der Waals surface area contributed by atoms with E-state index in [2.05, 4.69) is 9.97 Å². The second-order valence-corrected chi connectivity index (χ2v) is 6.41. The van der Waals surface area contributed by atoms with Crippen molar-refractivity contribution in [3.8, 4) is 0 Å². The summed E-state index contributed by atoms with van der Waals surface area (Å²) < 4.78 is 14.8. The predicted molar refractivity (Wildman–Crippen MR) is 92.5 cm³/mol. The van der Waals surface area contributed by atoms with Crippen LogP contribution in [-0.2, 0) is 17.8 Å². The molecule has 6 heteroatoms. The number of imidazole rings is 1. The lowest BCUT2D eigenvalue weighted by Gasteiger charge is -2.15. The molecule has 1 aliphatic rings. The molecule has 4 rings (SSSR count). The number of fused-ring (bicyclic) bond motifs is 1. The Kier molecular flexibility index (Phi) is 4.17. The number of nitrogens with zero attached hydrogens (tertiary/aromatic N) is 4. The van der Waals surface area contributed by atoms with Gasteiger partial charge in [0, 0.05) is 25.2 Å². The van der Waals surface area contributed by atoms with Gasteiger partial charge in [0.2, 0.25) is 5.91 Å². The summed E-state index contributed by atoms with van der Waals surface area (Å²) in [5.74, 6) is -0.131. The topological polar surface area (TPSA) is 51.0 Å². The largest absolute Gasteiger partial charge is 0.341 e. The minimum Gasteiger partial charge on any atom is -0.341 e. The van der Waals surface area contributed by atoms with Gasteiger partial charge in [-0.25, -0.2) is 14.4 Å². The summed E-state index contributed by atoms with van der Waals surface area (Å²) >= 11 is 0. The fraction of sp³-hybridized carbons (Fsp3) is 0.316. The quantitative estimate of drug-likeness (QED) is 0.735. The first kappa shape index (κ1) is 15.7. The van der Waals surface area contributed by atoms with Gasteiger partial charge in [-0.2, -0.15) is 0 Å². The van der Waals surface area contributed by atoms with E-state index >= 15 is 0 Å². The number of benzene rings is 1. The monoisotopic (exact) mass is 338 g/mol. The molecule has 3 heterocycles. The summed E-state index contributed by atoms with van der Waals surface area (Å²) in [6.45, 7) is 1.95. The number of amides is 1. The van der Waals surface area contributed by atoms with Crippen molar-refractivity contribution < 1.29 is 9.18 Å². The molecule has 0 N–H and O–H groups in total. The third-order valence-electron chi connectivity index (χ3n) is 4.58. The number of pyridine rings is 1. The Labute approximate surface area is 145 Å². The second kappa shape index (κ2) is 6.63. The van der Waals surface area contributed by atoms with Crippen LogP contribution in [-0.4, -0.2) is 38.4 Å². The van der Waals surface area contributed by atoms with Crippen LogP contribution in [0.3, 0.4) is 0 Å². The highest BCUT2D eigenvalue weighted by atomic mass is 19.1. The number of hydrogen-bond acceptors (Lipinski definition) is 3. The number of halogens is 1. The van der Waals surface area contributed by atoms with Gasteiger partial charge < -0.3 is 9.47 Å². The van der Waals surface area contributed by atoms with E-state index in [1.807, 2.05) is 21.6 Å². The molecular formula is C19H19FN4O. The second-order valence-electron chi connectivity index (χ2n) is 6.41. The van der Waals surface area contributed by atoms with Crippen molar-refractivity contribution in [1.29, 1.82) is 0 Å². The standard InChI is InChI=1S/C19H19FN4O/c20-15-5-3-14(4-6-15)11-16-7-8-17-19(22-16)24(13-21-17)12-18(25)23-9-1-2-10-23/h3-8,13H,1-2,9-12H2. The Balaban J connectivity index is 1.56. The number of carbonyl (C=O) groups excluding carboxylic acids is 1. The maximum Gasteiger partial charge on any atom is 0.242 e. The number of hydrogen-bond donors (Lipinski definition) is 0. The molecule has 0 spiro atoms. The van der Waals surface area contributed by atoms with E-state index in [-0.39, 0.29) is 18.3 Å². The van der Waals surface area contributed by atoms with Crippen LogP contribution >= 0.6 is 0 Å². The van der Waals surface area contributed by atoms with Crippen molar-refractivity contribution in [3.05, 3.63) is 59.8 Å². The Hall–Kier alpha value is -2.76. The van der Waals surface area contributed by atoms with Gasteiger partial charge in [-0.15, -0.1) is 0 Å². The van der Waals surface area contributed by atoms with Crippen LogP contribution in [0.4, 0.5) is 4.39 Å². The zero-order chi connectivity index (χ0) is 17.2. The van der Waals surface area contributed by atoms with E-state index in [4.69, 9.17) is 0 Å². The molecule has 0 bridgehead atoms. The molecule has 3 aromatic rings. The van der Waals surface area contributed by atoms with Gasteiger partial charge in [-0.05, 0) is 42.7 Å². The molecule has 2 aromatic heterocycles. The summed E-state index contributed by atoms with van der Waals surface area (Å²) in [5, 5.41) is 0. The normalized spacial score (nSPS) is 14.4. The molecule has 1 aliphatic heterocycles. The van der Waals surface area contributed by atoms with E-state index in [0.29, 0.717) is 12.1 Å². The highest BCUT2D eigenvalue weighted by Gasteiger charge is 2.19. The first-order valence-electron chi connectivity index (χ1n) is 8.52. The number of aromatic nitrogens is 3. The minimum atomic E-state index is -0.245. The fourth-order valence-corrected chi connectivity index (χ4v) is 3.22. The fourth-order valence-electron chi connectivity index (χ4n) is 3.22. The Bertz CT molecular complexity index is 897. The molecule has 5 nitrogen and oxygen atoms in total. The van der Waals surface area contributed by atoms with Crippen LogP contribution in [0.25, 0.3) is 11.2 Å². The van der Waals surface area contributed by atoms with Gasteiger partial charge in [-0.1, -0.05) is 12.1 Å². The molecule has 1 saturated heterocycles. The van der Waals surface area contributed by atoms with Crippen molar-refractivity contribution in [3.63, 3.8) is 0 Å². The van der Waals surface area contributed by atoms with E-state index in [1.54, 1.807) is 18.5 Å². The maximum absolute atomic E-state index is 13.0. The van der Waals surface area contributed by atoms with Crippen LogP contribution in [0.15, 0.2) is 42.7 Å². The average molecular weight is 338 g/mol. The molecule has 1 aromatic carbocycles. The van der Waals surface area contributed by atoms with Gasteiger partial charge in [0.1, 0.15) is 17.9 Å². The lowest BCUT2D eigenvalue weighted by Crippen LogP contribution is -2.30. The number of carbonyl (C=O) groups is 1. The van der Waals surface area contributed by atoms with Gasteiger partial charge >= 0.3 is 0 Å². The van der Waals surface area contributed by atoms with E-state index < -0.39 is 0 Å². The molecular weight excluding hydrogens is 319 g/mol. The van der Waals surface area contributed by atoms with Crippen molar-refractivity contribution >= 4 is 17.1 Å². The zero-order valence-electron chi connectivity index (χ0n) is 13.9. The molecule has 0 radical (unpaired) electrons. The highest BCUT2D eigenvalue weighted by Crippen LogP contribution is 2.16. The van der Waals surface area contributed by atoms with Crippen LogP contribution in [0.1, 0.15) is 24.1 Å². The summed E-state index contributed by atoms with van der Waals surface area (Å²) in [4.78, 5) is 23.3. The van der Waals surface area contributed by atoms with Gasteiger partial charge in [0.15, 0.2) is 5.65 Å². The van der Waals surface area contributed by atoms with Crippen molar-refractivity contribution in [2.24, 2.45) is 0 Å². The molecule has 0 aliphatic carbocycles. The van der Waals surface area contributed by atoms with Crippen molar-refractivity contribution in [2.45, 2.75) is 25.8 Å². The lowest BCUT2D eigenvalue weighted by molar-refractivity contribution is -0.130. The first-order valence-corrected chi connectivity index (χ1v) is 8.52. The van der Waals surface area contributed by atoms with E-state index in [9.17, 15) is 9.18 Å². The van der Waals surface area contributed by atoms with Gasteiger partial charge in [0.05, 0.1) is 6.33 Å². The summed E-state index contributed by atoms with van der Waals surface area (Å²) in [7, 11) is 0. The minimum absolute atomic E-state index is 0.113. The summed E-state index contributed by atoms with van der Waals surface area (Å²) in [6, 6.07) is 10.3. The highest BCUT2D eigenvalue weighted by molar-refractivity contribution is 5.79. The van der Waals surface area contributed by atoms with Crippen LogP contribution in [0, 0.1) is 5.82 Å². The number of rotatable bonds is 4. The van der Waals surface area contributed by atoms with E-state index in [0.717, 1.165) is 42.7 Å². The molecule has 128 valence electrons. The average Bonchev–Trinajstić information content (AvgIpc) is 3.27. The Morgan fingerprint density at radius 3 is 2.60 bits per heavy atom. The van der Waals surface area contributed by atoms with Crippen molar-refractivity contribution in [2.75, 3.05) is 13.1 Å². The van der Waals surface area contributed by atoms with Gasteiger partial charge in [-0.3, -0.25) is 4.79 Å². The van der Waals surface area contributed by atoms with Crippen LogP contribution < -0.4 is 0 Å². The molecule has 0 atom stereocenters. The lowest BCUT2D eigenvalue weighted by atomic mass is 10.1. The van der Waals surface area contributed by atoms with Crippen LogP contribution in [0.2, 0.25) is 0 Å². The van der Waals surface area contributed by atoms with Gasteiger partial charge in [0.25, 0.3) is 0 Å². The molecule has 1 fully saturated rings. The molecule has 1 amide bonds. The smallest absolute Gasteiger partial charge is 0.242 e. The third kappa shape index (κ3) is 3.38.